The molecule has 0 aliphatic rings. The number of nitrogens with zero attached hydrogens (tertiary/aromatic N) is 2. The molecule has 0 unspecified atom stereocenters. The van der Waals surface area contributed by atoms with Crippen LogP contribution in [-0.2, 0) is 24.2 Å². The molecule has 0 aliphatic heterocycles. The zero-order valence-corrected chi connectivity index (χ0v) is 14.4. The minimum Gasteiger partial charge on any atom is -0.481 e. The quantitative estimate of drug-likeness (QED) is 0.769. The highest BCUT2D eigenvalue weighted by molar-refractivity contribution is 7.09. The third-order valence-corrected chi connectivity index (χ3v) is 4.46. The molecule has 0 aliphatic carbocycles. The second kappa shape index (κ2) is 9.02. The maximum atomic E-state index is 11.8. The SMILES string of the molecule is CN(CCC(=O)O)C(=O)NCc1csc(CCc2ccccc2)n1. The Hall–Kier alpha value is -2.41. The number of benzene rings is 1. The van der Waals surface area contributed by atoms with E-state index in [0.717, 1.165) is 23.5 Å². The lowest BCUT2D eigenvalue weighted by Gasteiger charge is -2.16. The Balaban J connectivity index is 1.75. The third kappa shape index (κ3) is 6.00. The van der Waals surface area contributed by atoms with Gasteiger partial charge in [-0.15, -0.1) is 11.3 Å². The molecule has 1 aromatic carbocycles. The minimum atomic E-state index is -0.919. The van der Waals surface area contributed by atoms with Crippen LogP contribution in [0.15, 0.2) is 35.7 Å². The molecule has 2 rings (SSSR count). The number of carboxylic acid groups (broad SMARTS) is 1. The number of carbonyl (C=O) groups is 2. The molecule has 1 heterocycles. The third-order valence-electron chi connectivity index (χ3n) is 3.50. The maximum Gasteiger partial charge on any atom is 0.317 e. The van der Waals surface area contributed by atoms with Crippen LogP contribution >= 0.6 is 11.3 Å². The van der Waals surface area contributed by atoms with E-state index in [2.05, 4.69) is 22.4 Å². The topological polar surface area (TPSA) is 82.5 Å². The molecule has 0 atom stereocenters. The Kier molecular flexibility index (Phi) is 6.74. The van der Waals surface area contributed by atoms with Crippen molar-refractivity contribution in [2.24, 2.45) is 0 Å². The van der Waals surface area contributed by atoms with Crippen LogP contribution in [0.25, 0.3) is 0 Å². The minimum absolute atomic E-state index is 0.0652. The van der Waals surface area contributed by atoms with Crippen LogP contribution < -0.4 is 5.32 Å². The van der Waals surface area contributed by atoms with Gasteiger partial charge in [0, 0.05) is 25.4 Å². The highest BCUT2D eigenvalue weighted by Gasteiger charge is 2.10. The molecule has 24 heavy (non-hydrogen) atoms. The van der Waals surface area contributed by atoms with Crippen molar-refractivity contribution in [2.45, 2.75) is 25.8 Å². The van der Waals surface area contributed by atoms with Gasteiger partial charge in [-0.25, -0.2) is 9.78 Å². The van der Waals surface area contributed by atoms with E-state index in [-0.39, 0.29) is 19.0 Å². The zero-order chi connectivity index (χ0) is 17.4. The van der Waals surface area contributed by atoms with Gasteiger partial charge in [0.05, 0.1) is 23.7 Å². The number of carbonyl (C=O) groups excluding carboxylic acids is 1. The van der Waals surface area contributed by atoms with Crippen LogP contribution in [0.5, 0.6) is 0 Å². The van der Waals surface area contributed by atoms with Crippen molar-refractivity contribution < 1.29 is 14.7 Å². The van der Waals surface area contributed by atoms with E-state index in [0.29, 0.717) is 6.54 Å². The molecule has 7 heteroatoms. The molecule has 1 aromatic heterocycles. The van der Waals surface area contributed by atoms with Gasteiger partial charge in [0.15, 0.2) is 0 Å². The van der Waals surface area contributed by atoms with Crippen molar-refractivity contribution >= 4 is 23.3 Å². The van der Waals surface area contributed by atoms with E-state index < -0.39 is 5.97 Å². The smallest absolute Gasteiger partial charge is 0.317 e. The molecule has 2 amide bonds. The fourth-order valence-electron chi connectivity index (χ4n) is 2.11. The Morgan fingerprint density at radius 2 is 2.00 bits per heavy atom. The molecule has 0 saturated heterocycles. The fourth-order valence-corrected chi connectivity index (χ4v) is 2.90. The van der Waals surface area contributed by atoms with Gasteiger partial charge in [-0.1, -0.05) is 30.3 Å². The standard InChI is InChI=1S/C17H21N3O3S/c1-20(10-9-16(21)22)17(23)18-11-14-12-24-15(19-14)8-7-13-5-3-2-4-6-13/h2-6,12H,7-11H2,1H3,(H,18,23)(H,21,22). The van der Waals surface area contributed by atoms with Crippen LogP contribution in [0.1, 0.15) is 22.7 Å². The predicted molar refractivity (Wildman–Crippen MR) is 93.1 cm³/mol. The predicted octanol–water partition coefficient (Wildman–Crippen LogP) is 2.54. The van der Waals surface area contributed by atoms with Gasteiger partial charge < -0.3 is 15.3 Å². The number of carboxylic acids is 1. The lowest BCUT2D eigenvalue weighted by Crippen LogP contribution is -2.38. The fraction of sp³-hybridized carbons (Fsp3) is 0.353. The summed E-state index contributed by atoms with van der Waals surface area (Å²) in [5.41, 5.74) is 2.10. The molecule has 128 valence electrons. The lowest BCUT2D eigenvalue weighted by atomic mass is 10.1. The number of thiazole rings is 1. The number of hydrogen-bond donors (Lipinski definition) is 2. The second-order valence-electron chi connectivity index (χ2n) is 5.44. The van der Waals surface area contributed by atoms with Crippen molar-refractivity contribution in [1.82, 2.24) is 15.2 Å². The average Bonchev–Trinajstić information content (AvgIpc) is 3.04. The first-order chi connectivity index (χ1) is 11.5. The number of aryl methyl sites for hydroxylation is 2. The molecular weight excluding hydrogens is 326 g/mol. The Bertz CT molecular complexity index is 673. The molecule has 2 N–H and O–H groups in total. The van der Waals surface area contributed by atoms with E-state index in [9.17, 15) is 9.59 Å². The molecular formula is C17H21N3O3S. The number of nitrogens with one attached hydrogen (secondary N) is 1. The Labute approximate surface area is 145 Å². The second-order valence-corrected chi connectivity index (χ2v) is 6.38. The maximum absolute atomic E-state index is 11.8. The Morgan fingerprint density at radius 3 is 2.71 bits per heavy atom. The zero-order valence-electron chi connectivity index (χ0n) is 13.6. The molecule has 6 nitrogen and oxygen atoms in total. The van der Waals surface area contributed by atoms with Gasteiger partial charge in [0.1, 0.15) is 0 Å². The van der Waals surface area contributed by atoms with E-state index in [1.165, 1.54) is 10.5 Å². The average molecular weight is 347 g/mol. The summed E-state index contributed by atoms with van der Waals surface area (Å²) < 4.78 is 0. The molecule has 0 spiro atoms. The number of hydrogen-bond acceptors (Lipinski definition) is 4. The van der Waals surface area contributed by atoms with Crippen LogP contribution in [0.3, 0.4) is 0 Å². The summed E-state index contributed by atoms with van der Waals surface area (Å²) in [5, 5.41) is 14.4. The van der Waals surface area contributed by atoms with Crippen molar-refractivity contribution in [2.75, 3.05) is 13.6 Å². The molecule has 0 fully saturated rings. The summed E-state index contributed by atoms with van der Waals surface area (Å²) in [4.78, 5) is 28.2. The number of amides is 2. The van der Waals surface area contributed by atoms with Gasteiger partial charge >= 0.3 is 12.0 Å². The summed E-state index contributed by atoms with van der Waals surface area (Å²) in [6.07, 6.45) is 1.75. The first kappa shape index (κ1) is 17.9. The summed E-state index contributed by atoms with van der Waals surface area (Å²) >= 11 is 1.59. The normalized spacial score (nSPS) is 10.4. The highest BCUT2D eigenvalue weighted by Crippen LogP contribution is 2.13. The largest absolute Gasteiger partial charge is 0.481 e. The summed E-state index contributed by atoms with van der Waals surface area (Å²) in [6, 6.07) is 9.96. The van der Waals surface area contributed by atoms with Gasteiger partial charge in [0.2, 0.25) is 0 Å². The molecule has 0 radical (unpaired) electrons. The summed E-state index contributed by atoms with van der Waals surface area (Å²) in [6.45, 7) is 0.526. The van der Waals surface area contributed by atoms with Crippen LogP contribution in [0.4, 0.5) is 4.79 Å². The van der Waals surface area contributed by atoms with Crippen molar-refractivity contribution in [3.8, 4) is 0 Å². The molecule has 0 saturated carbocycles. The summed E-state index contributed by atoms with van der Waals surface area (Å²) in [7, 11) is 1.57. The first-order valence-electron chi connectivity index (χ1n) is 7.72. The van der Waals surface area contributed by atoms with Gasteiger partial charge in [-0.3, -0.25) is 4.79 Å². The van der Waals surface area contributed by atoms with E-state index in [1.54, 1.807) is 18.4 Å². The molecule has 2 aromatic rings. The van der Waals surface area contributed by atoms with Crippen LogP contribution in [0, 0.1) is 0 Å². The monoisotopic (exact) mass is 347 g/mol. The number of urea groups is 1. The van der Waals surface area contributed by atoms with Gasteiger partial charge in [-0.05, 0) is 12.0 Å². The summed E-state index contributed by atoms with van der Waals surface area (Å²) in [5.74, 6) is -0.919. The number of rotatable bonds is 8. The first-order valence-corrected chi connectivity index (χ1v) is 8.60. The van der Waals surface area contributed by atoms with E-state index in [4.69, 9.17) is 5.11 Å². The Morgan fingerprint density at radius 1 is 1.25 bits per heavy atom. The molecule has 0 bridgehead atoms. The van der Waals surface area contributed by atoms with Crippen molar-refractivity contribution in [1.29, 1.82) is 0 Å². The van der Waals surface area contributed by atoms with Crippen LogP contribution in [-0.4, -0.2) is 40.6 Å². The number of aliphatic carboxylic acids is 1. The van der Waals surface area contributed by atoms with Crippen molar-refractivity contribution in [3.63, 3.8) is 0 Å². The van der Waals surface area contributed by atoms with E-state index >= 15 is 0 Å². The van der Waals surface area contributed by atoms with Gasteiger partial charge in [0.25, 0.3) is 0 Å². The van der Waals surface area contributed by atoms with Crippen LogP contribution in [0.2, 0.25) is 0 Å². The van der Waals surface area contributed by atoms with Gasteiger partial charge in [-0.2, -0.15) is 0 Å². The number of aromatic nitrogens is 1. The van der Waals surface area contributed by atoms with Crippen molar-refractivity contribution in [3.05, 3.63) is 52.0 Å². The highest BCUT2D eigenvalue weighted by atomic mass is 32.1. The lowest BCUT2D eigenvalue weighted by molar-refractivity contribution is -0.137. The van der Waals surface area contributed by atoms with E-state index in [1.807, 2.05) is 23.6 Å².